The molecular formula is C22H27Cl2N3O. The summed E-state index contributed by atoms with van der Waals surface area (Å²) in [6.45, 7) is 8.94. The molecule has 1 fully saturated rings. The fourth-order valence-corrected chi connectivity index (χ4v) is 3.88. The van der Waals surface area contributed by atoms with Gasteiger partial charge in [-0.1, -0.05) is 55.2 Å². The van der Waals surface area contributed by atoms with E-state index in [-0.39, 0.29) is 5.91 Å². The average Bonchev–Trinajstić information content (AvgIpc) is 2.66. The Labute approximate surface area is 177 Å². The Morgan fingerprint density at radius 3 is 2.11 bits per heavy atom. The lowest BCUT2D eigenvalue weighted by Gasteiger charge is -2.34. The van der Waals surface area contributed by atoms with E-state index in [9.17, 15) is 4.79 Å². The standard InChI is InChI=1S/C22H27Cl2N3O/c1-16(2)17-6-8-18(9-7-17)25-22(28)15-27-12-10-26(11-13-27)14-19-20(23)4-3-5-21(19)24/h3-9,16H,10-15H2,1-2H3,(H,25,28). The molecule has 2 aromatic carbocycles. The third-order valence-electron chi connectivity index (χ3n) is 5.14. The van der Waals surface area contributed by atoms with Crippen molar-refractivity contribution < 1.29 is 4.79 Å². The minimum atomic E-state index is 0.0277. The number of benzene rings is 2. The van der Waals surface area contributed by atoms with E-state index in [4.69, 9.17) is 23.2 Å². The van der Waals surface area contributed by atoms with Crippen molar-refractivity contribution in [2.24, 2.45) is 0 Å². The molecule has 1 amide bonds. The van der Waals surface area contributed by atoms with E-state index >= 15 is 0 Å². The quantitative estimate of drug-likeness (QED) is 0.724. The molecule has 4 nitrogen and oxygen atoms in total. The minimum absolute atomic E-state index is 0.0277. The maximum Gasteiger partial charge on any atom is 0.238 e. The van der Waals surface area contributed by atoms with Crippen LogP contribution in [0.2, 0.25) is 10.0 Å². The summed E-state index contributed by atoms with van der Waals surface area (Å²) in [6.07, 6.45) is 0. The van der Waals surface area contributed by atoms with Crippen LogP contribution in [0.25, 0.3) is 0 Å². The number of nitrogens with one attached hydrogen (secondary N) is 1. The number of anilines is 1. The van der Waals surface area contributed by atoms with Crippen LogP contribution in [0.3, 0.4) is 0 Å². The predicted octanol–water partition coefficient (Wildman–Crippen LogP) is 4.87. The zero-order valence-electron chi connectivity index (χ0n) is 16.4. The lowest BCUT2D eigenvalue weighted by Crippen LogP contribution is -2.48. The van der Waals surface area contributed by atoms with Crippen LogP contribution in [0, 0.1) is 0 Å². The summed E-state index contributed by atoms with van der Waals surface area (Å²) in [4.78, 5) is 16.9. The second kappa shape index (κ2) is 9.75. The number of hydrogen-bond acceptors (Lipinski definition) is 3. The Morgan fingerprint density at radius 2 is 1.54 bits per heavy atom. The topological polar surface area (TPSA) is 35.6 Å². The van der Waals surface area contributed by atoms with Gasteiger partial charge in [-0.2, -0.15) is 0 Å². The number of carbonyl (C=O) groups is 1. The van der Waals surface area contributed by atoms with Crippen LogP contribution in [-0.4, -0.2) is 48.4 Å². The molecule has 0 radical (unpaired) electrons. The second-order valence-electron chi connectivity index (χ2n) is 7.58. The monoisotopic (exact) mass is 419 g/mol. The summed E-state index contributed by atoms with van der Waals surface area (Å²) in [6, 6.07) is 13.7. The van der Waals surface area contributed by atoms with Crippen molar-refractivity contribution in [3.63, 3.8) is 0 Å². The second-order valence-corrected chi connectivity index (χ2v) is 8.39. The maximum absolute atomic E-state index is 12.4. The van der Waals surface area contributed by atoms with Gasteiger partial charge in [-0.3, -0.25) is 14.6 Å². The molecule has 3 rings (SSSR count). The lowest BCUT2D eigenvalue weighted by molar-refractivity contribution is -0.117. The van der Waals surface area contributed by atoms with Crippen molar-refractivity contribution >= 4 is 34.8 Å². The first kappa shape index (κ1) is 21.1. The van der Waals surface area contributed by atoms with Gasteiger partial charge in [-0.05, 0) is 35.7 Å². The number of amides is 1. The lowest BCUT2D eigenvalue weighted by atomic mass is 10.0. The van der Waals surface area contributed by atoms with Crippen molar-refractivity contribution in [3.8, 4) is 0 Å². The third kappa shape index (κ3) is 5.71. The number of carbonyl (C=O) groups excluding carboxylic acids is 1. The SMILES string of the molecule is CC(C)c1ccc(NC(=O)CN2CCN(Cc3c(Cl)cccc3Cl)CC2)cc1. The zero-order valence-corrected chi connectivity index (χ0v) is 17.9. The Kier molecular flexibility index (Phi) is 7.36. The van der Waals surface area contributed by atoms with Crippen LogP contribution in [-0.2, 0) is 11.3 Å². The molecule has 1 N–H and O–H groups in total. The Morgan fingerprint density at radius 1 is 0.964 bits per heavy atom. The summed E-state index contributed by atoms with van der Waals surface area (Å²) in [5.74, 6) is 0.515. The van der Waals surface area contributed by atoms with Crippen molar-refractivity contribution in [2.75, 3.05) is 38.0 Å². The first-order chi connectivity index (χ1) is 13.4. The van der Waals surface area contributed by atoms with Crippen LogP contribution in [0.4, 0.5) is 5.69 Å². The maximum atomic E-state index is 12.4. The first-order valence-electron chi connectivity index (χ1n) is 9.70. The van der Waals surface area contributed by atoms with Gasteiger partial charge in [0.15, 0.2) is 0 Å². The van der Waals surface area contributed by atoms with E-state index in [0.29, 0.717) is 22.5 Å². The Balaban J connectivity index is 1.45. The fourth-order valence-electron chi connectivity index (χ4n) is 3.37. The summed E-state index contributed by atoms with van der Waals surface area (Å²) in [7, 11) is 0. The van der Waals surface area contributed by atoms with E-state index in [0.717, 1.165) is 44.0 Å². The van der Waals surface area contributed by atoms with Gasteiger partial charge in [0.25, 0.3) is 0 Å². The molecule has 28 heavy (non-hydrogen) atoms. The van der Waals surface area contributed by atoms with Crippen molar-refractivity contribution in [2.45, 2.75) is 26.3 Å². The van der Waals surface area contributed by atoms with Gasteiger partial charge in [-0.25, -0.2) is 0 Å². The van der Waals surface area contributed by atoms with Gasteiger partial charge in [0, 0.05) is 54.0 Å². The molecule has 0 aromatic heterocycles. The number of piperazine rings is 1. The molecule has 1 saturated heterocycles. The van der Waals surface area contributed by atoms with Crippen LogP contribution in [0.1, 0.15) is 30.9 Å². The number of hydrogen-bond donors (Lipinski definition) is 1. The van der Waals surface area contributed by atoms with E-state index in [1.807, 2.05) is 30.3 Å². The molecule has 1 heterocycles. The van der Waals surface area contributed by atoms with Crippen molar-refractivity contribution in [3.05, 3.63) is 63.6 Å². The van der Waals surface area contributed by atoms with Crippen molar-refractivity contribution in [1.29, 1.82) is 0 Å². The number of halogens is 2. The highest BCUT2D eigenvalue weighted by Crippen LogP contribution is 2.26. The van der Waals surface area contributed by atoms with Crippen LogP contribution < -0.4 is 5.32 Å². The minimum Gasteiger partial charge on any atom is -0.325 e. The highest BCUT2D eigenvalue weighted by atomic mass is 35.5. The molecule has 6 heteroatoms. The largest absolute Gasteiger partial charge is 0.325 e. The summed E-state index contributed by atoms with van der Waals surface area (Å²) < 4.78 is 0. The predicted molar refractivity (Wildman–Crippen MR) is 117 cm³/mol. The van der Waals surface area contributed by atoms with E-state index < -0.39 is 0 Å². The normalized spacial score (nSPS) is 15.8. The summed E-state index contributed by atoms with van der Waals surface area (Å²) >= 11 is 12.6. The first-order valence-corrected chi connectivity index (χ1v) is 10.5. The molecule has 1 aliphatic heterocycles. The van der Waals surface area contributed by atoms with E-state index in [1.165, 1.54) is 5.56 Å². The molecule has 0 bridgehead atoms. The average molecular weight is 420 g/mol. The highest BCUT2D eigenvalue weighted by Gasteiger charge is 2.20. The summed E-state index contributed by atoms with van der Waals surface area (Å²) in [5.41, 5.74) is 3.09. The zero-order chi connectivity index (χ0) is 20.1. The molecule has 0 atom stereocenters. The Bertz CT molecular complexity index is 780. The third-order valence-corrected chi connectivity index (χ3v) is 5.84. The van der Waals surface area contributed by atoms with Gasteiger partial charge in [0.05, 0.1) is 6.54 Å². The van der Waals surface area contributed by atoms with Crippen LogP contribution >= 0.6 is 23.2 Å². The number of rotatable bonds is 6. The fraction of sp³-hybridized carbons (Fsp3) is 0.409. The summed E-state index contributed by atoms with van der Waals surface area (Å²) in [5, 5.41) is 4.40. The molecule has 2 aromatic rings. The number of nitrogens with zero attached hydrogens (tertiary/aromatic N) is 2. The van der Waals surface area contributed by atoms with E-state index in [2.05, 4.69) is 41.1 Å². The molecule has 0 spiro atoms. The molecule has 0 aliphatic carbocycles. The molecular weight excluding hydrogens is 393 g/mol. The van der Waals surface area contributed by atoms with Gasteiger partial charge >= 0.3 is 0 Å². The van der Waals surface area contributed by atoms with Crippen LogP contribution in [0.5, 0.6) is 0 Å². The van der Waals surface area contributed by atoms with Gasteiger partial charge in [-0.15, -0.1) is 0 Å². The van der Waals surface area contributed by atoms with Gasteiger partial charge in [0.2, 0.25) is 5.91 Å². The molecule has 0 saturated carbocycles. The highest BCUT2D eigenvalue weighted by molar-refractivity contribution is 6.35. The van der Waals surface area contributed by atoms with E-state index in [1.54, 1.807) is 0 Å². The molecule has 150 valence electrons. The van der Waals surface area contributed by atoms with Crippen LogP contribution in [0.15, 0.2) is 42.5 Å². The van der Waals surface area contributed by atoms with Crippen molar-refractivity contribution in [1.82, 2.24) is 9.80 Å². The van der Waals surface area contributed by atoms with Gasteiger partial charge in [0.1, 0.15) is 0 Å². The van der Waals surface area contributed by atoms with Gasteiger partial charge < -0.3 is 5.32 Å². The Hall–Kier alpha value is -1.59. The molecule has 1 aliphatic rings. The molecule has 0 unspecified atom stereocenters. The smallest absolute Gasteiger partial charge is 0.238 e.